The number of carbonyl (C=O) groups is 1. The zero-order valence-electron chi connectivity index (χ0n) is 25.9. The Balaban J connectivity index is 1.08. The van der Waals surface area contributed by atoms with Crippen LogP contribution in [0, 0.1) is 10.1 Å². The van der Waals surface area contributed by atoms with Crippen molar-refractivity contribution in [2.45, 2.75) is 82.7 Å². The summed E-state index contributed by atoms with van der Waals surface area (Å²) >= 11 is 0. The first kappa shape index (κ1) is 34.4. The van der Waals surface area contributed by atoms with E-state index in [0.29, 0.717) is 50.7 Å². The molecule has 1 saturated heterocycles. The van der Waals surface area contributed by atoms with E-state index in [1.807, 2.05) is 26.0 Å². The van der Waals surface area contributed by atoms with Crippen molar-refractivity contribution in [2.24, 2.45) is 0 Å². The number of rotatable bonds is 8. The molecule has 1 saturated carbocycles. The molecular weight excluding hydrogens is 630 g/mol. The highest BCUT2D eigenvalue weighted by molar-refractivity contribution is 5.84. The summed E-state index contributed by atoms with van der Waals surface area (Å²) in [5.41, 5.74) is -1.84. The molecule has 2 aliphatic rings. The van der Waals surface area contributed by atoms with Gasteiger partial charge in [-0.15, -0.1) is 0 Å². The Morgan fingerprint density at radius 1 is 0.894 bits per heavy atom. The summed E-state index contributed by atoms with van der Waals surface area (Å²) < 4.78 is 85.2. The predicted octanol–water partition coefficient (Wildman–Crippen LogP) is 7.65. The highest BCUT2D eigenvalue weighted by Gasteiger charge is 2.39. The first-order valence-corrected chi connectivity index (χ1v) is 15.5. The summed E-state index contributed by atoms with van der Waals surface area (Å²) in [5.74, 6) is -0.124. The quantitative estimate of drug-likeness (QED) is 0.151. The van der Waals surface area contributed by atoms with Crippen molar-refractivity contribution in [1.82, 2.24) is 9.80 Å². The molecule has 14 heteroatoms. The van der Waals surface area contributed by atoms with Crippen LogP contribution in [0.1, 0.15) is 56.2 Å². The molecule has 8 nitrogen and oxygen atoms in total. The summed E-state index contributed by atoms with van der Waals surface area (Å²) in [5, 5.41) is 15.3. The van der Waals surface area contributed by atoms with Gasteiger partial charge in [0.25, 0.3) is 5.69 Å². The predicted molar refractivity (Wildman–Crippen MR) is 164 cm³/mol. The number of halogens is 6. The molecule has 1 heterocycles. The molecule has 2 atom stereocenters. The third-order valence-electron chi connectivity index (χ3n) is 9.04. The normalized spacial score (nSPS) is 22.8. The number of ether oxygens (including phenoxy) is 1. The number of anilines is 1. The van der Waals surface area contributed by atoms with Crippen molar-refractivity contribution in [2.75, 3.05) is 25.0 Å². The molecule has 254 valence electrons. The molecule has 0 spiro atoms. The van der Waals surface area contributed by atoms with Crippen molar-refractivity contribution >= 4 is 28.1 Å². The SMILES string of the molecule is C[C@@H]1CN(Cc2ccc3cc(C(F)(F)F)ccc3c2)[C@@H](C)CN1C(=O)COC1CCC(Nc2ccc([N+](=O)[O-])c(C(F)(F)F)c2)CC1. The number of hydrogen-bond donors (Lipinski definition) is 1. The van der Waals surface area contributed by atoms with Crippen LogP contribution in [0.25, 0.3) is 10.8 Å². The van der Waals surface area contributed by atoms with Gasteiger partial charge in [-0.2, -0.15) is 26.3 Å². The molecule has 2 fully saturated rings. The number of carbonyl (C=O) groups excluding carboxylic acids is 1. The van der Waals surface area contributed by atoms with Crippen LogP contribution < -0.4 is 5.32 Å². The van der Waals surface area contributed by atoms with E-state index in [1.165, 1.54) is 12.1 Å². The number of nitro benzene ring substituents is 1. The average molecular weight is 667 g/mol. The fourth-order valence-corrected chi connectivity index (χ4v) is 6.46. The van der Waals surface area contributed by atoms with Crippen LogP contribution >= 0.6 is 0 Å². The monoisotopic (exact) mass is 666 g/mol. The fourth-order valence-electron chi connectivity index (χ4n) is 6.46. The molecule has 5 rings (SSSR count). The molecule has 3 aromatic rings. The molecular formula is C33H36F6N4O4. The number of hydrogen-bond acceptors (Lipinski definition) is 6. The van der Waals surface area contributed by atoms with E-state index in [9.17, 15) is 41.3 Å². The largest absolute Gasteiger partial charge is 0.423 e. The number of nitro groups is 1. The van der Waals surface area contributed by atoms with Crippen molar-refractivity contribution in [3.8, 4) is 0 Å². The van der Waals surface area contributed by atoms with Gasteiger partial charge in [0.1, 0.15) is 12.2 Å². The highest BCUT2D eigenvalue weighted by atomic mass is 19.4. The van der Waals surface area contributed by atoms with Crippen LogP contribution in [-0.4, -0.2) is 64.6 Å². The number of benzene rings is 3. The Hall–Kier alpha value is -3.91. The van der Waals surface area contributed by atoms with Gasteiger partial charge in [0.05, 0.1) is 16.6 Å². The van der Waals surface area contributed by atoms with Crippen molar-refractivity contribution < 1.29 is 40.8 Å². The topological polar surface area (TPSA) is 88.0 Å². The van der Waals surface area contributed by atoms with Crippen LogP contribution in [0.4, 0.5) is 37.7 Å². The molecule has 0 unspecified atom stereocenters. The van der Waals surface area contributed by atoms with E-state index in [1.54, 1.807) is 11.0 Å². The van der Waals surface area contributed by atoms with Gasteiger partial charge in [-0.1, -0.05) is 18.2 Å². The first-order valence-electron chi connectivity index (χ1n) is 15.5. The fraction of sp³-hybridized carbons (Fsp3) is 0.485. The summed E-state index contributed by atoms with van der Waals surface area (Å²) in [6.07, 6.45) is -7.02. The van der Waals surface area contributed by atoms with Crippen molar-refractivity contribution in [3.63, 3.8) is 0 Å². The zero-order chi connectivity index (χ0) is 34.1. The van der Waals surface area contributed by atoms with Crippen LogP contribution in [0.2, 0.25) is 0 Å². The lowest BCUT2D eigenvalue weighted by Crippen LogP contribution is -2.58. The van der Waals surface area contributed by atoms with Crippen molar-refractivity contribution in [1.29, 1.82) is 0 Å². The maximum Gasteiger partial charge on any atom is 0.423 e. The van der Waals surface area contributed by atoms with Crippen LogP contribution in [-0.2, 0) is 28.4 Å². The van der Waals surface area contributed by atoms with E-state index < -0.39 is 34.1 Å². The molecule has 47 heavy (non-hydrogen) atoms. The molecule has 0 radical (unpaired) electrons. The minimum atomic E-state index is -4.85. The minimum absolute atomic E-state index is 0.0391. The Bertz CT molecular complexity index is 1610. The van der Waals surface area contributed by atoms with Crippen LogP contribution in [0.5, 0.6) is 0 Å². The van der Waals surface area contributed by atoms with Gasteiger partial charge in [0.15, 0.2) is 0 Å². The number of nitrogens with zero attached hydrogens (tertiary/aromatic N) is 3. The highest BCUT2D eigenvalue weighted by Crippen LogP contribution is 2.38. The van der Waals surface area contributed by atoms with Crippen LogP contribution in [0.3, 0.4) is 0 Å². The van der Waals surface area contributed by atoms with E-state index in [-0.39, 0.29) is 42.4 Å². The maximum absolute atomic E-state index is 13.3. The molecule has 0 aromatic heterocycles. The molecule has 1 N–H and O–H groups in total. The molecule has 3 aromatic carbocycles. The lowest BCUT2D eigenvalue weighted by atomic mass is 9.92. The van der Waals surface area contributed by atoms with Gasteiger partial charge in [-0.25, -0.2) is 0 Å². The third kappa shape index (κ3) is 8.33. The Morgan fingerprint density at radius 3 is 2.23 bits per heavy atom. The minimum Gasteiger partial charge on any atom is -0.382 e. The Kier molecular flexibility index (Phi) is 10.0. The number of alkyl halides is 6. The van der Waals surface area contributed by atoms with Gasteiger partial charge >= 0.3 is 12.4 Å². The number of amides is 1. The number of fused-ring (bicyclic) bond motifs is 1. The van der Waals surface area contributed by atoms with E-state index in [0.717, 1.165) is 35.2 Å². The van der Waals surface area contributed by atoms with Gasteiger partial charge in [-0.3, -0.25) is 19.8 Å². The first-order chi connectivity index (χ1) is 22.1. The lowest BCUT2D eigenvalue weighted by Gasteiger charge is -2.44. The lowest BCUT2D eigenvalue weighted by molar-refractivity contribution is -0.388. The number of nitrogens with one attached hydrogen (secondary N) is 1. The van der Waals surface area contributed by atoms with E-state index >= 15 is 0 Å². The average Bonchev–Trinajstić information content (AvgIpc) is 3.01. The number of piperazine rings is 1. The summed E-state index contributed by atoms with van der Waals surface area (Å²) in [6, 6.07) is 11.9. The van der Waals surface area contributed by atoms with E-state index in [2.05, 4.69) is 10.2 Å². The second-order valence-corrected chi connectivity index (χ2v) is 12.5. The van der Waals surface area contributed by atoms with E-state index in [4.69, 9.17) is 4.74 Å². The second kappa shape index (κ2) is 13.7. The van der Waals surface area contributed by atoms with Gasteiger partial charge < -0.3 is 15.0 Å². The Labute approximate surface area is 267 Å². The molecule has 0 bridgehead atoms. The molecule has 1 aliphatic heterocycles. The van der Waals surface area contributed by atoms with Gasteiger partial charge in [-0.05, 0) is 86.2 Å². The standard InChI is InChI=1S/C33H36F6N4O4/c1-20-17-42(21(2)16-41(20)18-22-3-4-24-14-25(32(34,35)36)6-5-23(24)13-22)31(44)19-47-28-10-7-26(8-11-28)40-27-9-12-30(43(45)46)29(15-27)33(37,38)39/h3-6,9,12-15,20-21,26,28,40H,7-8,10-11,16-19H2,1-2H3/t20-,21+,26?,28?/m0/s1. The summed E-state index contributed by atoms with van der Waals surface area (Å²) in [4.78, 5) is 27.2. The van der Waals surface area contributed by atoms with Crippen molar-refractivity contribution in [3.05, 3.63) is 81.4 Å². The second-order valence-electron chi connectivity index (χ2n) is 12.5. The summed E-state index contributed by atoms with van der Waals surface area (Å²) in [7, 11) is 0. The van der Waals surface area contributed by atoms with Gasteiger partial charge in [0.2, 0.25) is 5.91 Å². The molecule has 1 amide bonds. The smallest absolute Gasteiger partial charge is 0.382 e. The Morgan fingerprint density at radius 2 is 1.57 bits per heavy atom. The summed E-state index contributed by atoms with van der Waals surface area (Å²) in [6.45, 7) is 5.62. The molecule has 1 aliphatic carbocycles. The van der Waals surface area contributed by atoms with Gasteiger partial charge in [0, 0.05) is 49.5 Å². The zero-order valence-corrected chi connectivity index (χ0v) is 25.9. The third-order valence-corrected chi connectivity index (χ3v) is 9.04. The van der Waals surface area contributed by atoms with Crippen LogP contribution in [0.15, 0.2) is 54.6 Å². The maximum atomic E-state index is 13.3.